The average molecular weight is 114 g/mol. The van der Waals surface area contributed by atoms with Gasteiger partial charge in [0.25, 0.3) is 0 Å². The second-order valence-electron chi connectivity index (χ2n) is 1.69. The number of hydrogen-bond acceptors (Lipinski definition) is 1. The van der Waals surface area contributed by atoms with Gasteiger partial charge in [0.15, 0.2) is 0 Å². The number of rotatable bonds is 2. The van der Waals surface area contributed by atoms with Crippen molar-refractivity contribution in [2.24, 2.45) is 0 Å². The first-order valence-electron chi connectivity index (χ1n) is 2.63. The zero-order valence-corrected chi connectivity index (χ0v) is 5.14. The number of urea groups is 1. The Balaban J connectivity index is 3.24. The summed E-state index contributed by atoms with van der Waals surface area (Å²) in [5.74, 6) is 0. The first-order chi connectivity index (χ1) is 3.66. The van der Waals surface area contributed by atoms with Crippen LogP contribution in [0.25, 0.3) is 0 Å². The van der Waals surface area contributed by atoms with E-state index >= 15 is 0 Å². The van der Waals surface area contributed by atoms with Crippen LogP contribution in [0, 0.1) is 0 Å². The molecule has 0 aromatic rings. The molecule has 3 nitrogen and oxygen atoms in total. The maximum absolute atomic E-state index is 9.91. The Morgan fingerprint density at radius 2 is 2.38 bits per heavy atom. The lowest BCUT2D eigenvalue weighted by atomic mass is 10.3. The highest BCUT2D eigenvalue weighted by Gasteiger charge is 2.01. The van der Waals surface area contributed by atoms with Gasteiger partial charge in [0.2, 0.25) is 0 Å². The second-order valence-corrected chi connectivity index (χ2v) is 1.69. The van der Waals surface area contributed by atoms with E-state index < -0.39 is 6.03 Å². The Labute approximate surface area is 49.3 Å². The van der Waals surface area contributed by atoms with Gasteiger partial charge in [-0.3, -0.25) is 0 Å². The van der Waals surface area contributed by atoms with Crippen molar-refractivity contribution < 1.29 is 4.79 Å². The molecule has 3 heteroatoms. The van der Waals surface area contributed by atoms with E-state index in [0.717, 1.165) is 6.42 Å². The molecule has 1 unspecified atom stereocenters. The molecule has 0 saturated carbocycles. The van der Waals surface area contributed by atoms with Crippen molar-refractivity contribution in [3.8, 4) is 0 Å². The molecular weight excluding hydrogens is 104 g/mol. The maximum Gasteiger partial charge on any atom is 0.355 e. The largest absolute Gasteiger partial charge is 0.355 e. The van der Waals surface area contributed by atoms with Gasteiger partial charge in [0.05, 0.1) is 6.04 Å². The van der Waals surface area contributed by atoms with Crippen molar-refractivity contribution in [3.05, 3.63) is 0 Å². The lowest BCUT2D eigenvalue weighted by Crippen LogP contribution is -2.23. The van der Waals surface area contributed by atoms with Crippen LogP contribution in [0.4, 0.5) is 4.79 Å². The number of carbonyl (C=O) groups is 1. The smallest absolute Gasteiger partial charge is 0.246 e. The molecule has 0 aromatic heterocycles. The Morgan fingerprint density at radius 3 is 2.50 bits per heavy atom. The van der Waals surface area contributed by atoms with Gasteiger partial charge >= 0.3 is 6.03 Å². The Hall–Kier alpha value is -0.730. The minimum atomic E-state index is -0.820. The molecule has 1 atom stereocenters. The van der Waals surface area contributed by atoms with E-state index in [9.17, 15) is 4.79 Å². The van der Waals surface area contributed by atoms with E-state index in [0.29, 0.717) is 0 Å². The predicted molar refractivity (Wildman–Crippen MR) is 30.4 cm³/mol. The van der Waals surface area contributed by atoms with Gasteiger partial charge in [-0.1, -0.05) is 6.92 Å². The Morgan fingerprint density at radius 1 is 1.88 bits per heavy atom. The molecule has 0 saturated heterocycles. The molecule has 0 bridgehead atoms. The SMILES string of the molecule is CCC(C)[N]C([NH])=O. The van der Waals surface area contributed by atoms with Crippen LogP contribution in [-0.4, -0.2) is 12.1 Å². The van der Waals surface area contributed by atoms with E-state index in [2.05, 4.69) is 5.32 Å². The fraction of sp³-hybridized carbons (Fsp3) is 0.800. The van der Waals surface area contributed by atoms with Crippen LogP contribution in [0.1, 0.15) is 20.3 Å². The molecule has 1 N–H and O–H groups in total. The highest BCUT2D eigenvalue weighted by atomic mass is 16.2. The quantitative estimate of drug-likeness (QED) is 0.523. The maximum atomic E-state index is 9.91. The van der Waals surface area contributed by atoms with E-state index in [4.69, 9.17) is 5.73 Å². The van der Waals surface area contributed by atoms with Crippen molar-refractivity contribution in [2.75, 3.05) is 0 Å². The molecule has 0 heterocycles. The Kier molecular flexibility index (Phi) is 2.99. The summed E-state index contributed by atoms with van der Waals surface area (Å²) < 4.78 is 0. The van der Waals surface area contributed by atoms with Crippen LogP contribution in [0.2, 0.25) is 0 Å². The van der Waals surface area contributed by atoms with Crippen LogP contribution < -0.4 is 11.1 Å². The van der Waals surface area contributed by atoms with Crippen molar-refractivity contribution in [3.63, 3.8) is 0 Å². The third-order valence-electron chi connectivity index (χ3n) is 0.928. The molecule has 46 valence electrons. The Bertz CT molecular complexity index is 82.5. The number of nitrogens with one attached hydrogen (secondary N) is 1. The lowest BCUT2D eigenvalue weighted by Gasteiger charge is -2.02. The zero-order valence-electron chi connectivity index (χ0n) is 5.14. The van der Waals surface area contributed by atoms with E-state index in [1.807, 2.05) is 13.8 Å². The minimum absolute atomic E-state index is 0.0139. The molecule has 0 aromatic carbocycles. The molecule has 0 aliphatic rings. The summed E-state index contributed by atoms with van der Waals surface area (Å²) in [5.41, 5.74) is 6.41. The normalized spacial score (nSPS) is 12.8. The highest BCUT2D eigenvalue weighted by molar-refractivity contribution is 5.70. The number of amides is 2. The molecular formula is C5H10N2O. The predicted octanol–water partition coefficient (Wildman–Crippen LogP) is 0.792. The topological polar surface area (TPSA) is 55.0 Å². The number of carbonyl (C=O) groups excluding carboxylic acids is 1. The van der Waals surface area contributed by atoms with Crippen LogP contribution in [0.3, 0.4) is 0 Å². The fourth-order valence-corrected chi connectivity index (χ4v) is 0.291. The summed E-state index contributed by atoms with van der Waals surface area (Å²) in [7, 11) is 0. The molecule has 2 amide bonds. The third-order valence-corrected chi connectivity index (χ3v) is 0.928. The number of nitrogens with zero attached hydrogens (tertiary/aromatic N) is 1. The molecule has 0 spiro atoms. The summed E-state index contributed by atoms with van der Waals surface area (Å²) >= 11 is 0. The number of hydrogen-bond donors (Lipinski definition) is 0. The zero-order chi connectivity index (χ0) is 6.57. The van der Waals surface area contributed by atoms with E-state index in [1.54, 1.807) is 0 Å². The second kappa shape index (κ2) is 3.29. The van der Waals surface area contributed by atoms with Crippen LogP contribution in [0.15, 0.2) is 0 Å². The van der Waals surface area contributed by atoms with Crippen molar-refractivity contribution >= 4 is 6.03 Å². The van der Waals surface area contributed by atoms with E-state index in [-0.39, 0.29) is 6.04 Å². The van der Waals surface area contributed by atoms with Gasteiger partial charge in [0, 0.05) is 0 Å². The first kappa shape index (κ1) is 7.27. The van der Waals surface area contributed by atoms with Crippen molar-refractivity contribution in [2.45, 2.75) is 26.3 Å². The van der Waals surface area contributed by atoms with Gasteiger partial charge in [0.1, 0.15) is 0 Å². The highest BCUT2D eigenvalue weighted by Crippen LogP contribution is 1.87. The summed E-state index contributed by atoms with van der Waals surface area (Å²) in [6, 6.07) is -0.806. The molecule has 2 radical (unpaired) electrons. The van der Waals surface area contributed by atoms with Crippen LogP contribution in [-0.2, 0) is 0 Å². The summed E-state index contributed by atoms with van der Waals surface area (Å²) in [6.45, 7) is 3.74. The molecule has 0 aliphatic heterocycles. The van der Waals surface area contributed by atoms with E-state index in [1.165, 1.54) is 0 Å². The monoisotopic (exact) mass is 114 g/mol. The van der Waals surface area contributed by atoms with Crippen molar-refractivity contribution in [1.82, 2.24) is 11.1 Å². The van der Waals surface area contributed by atoms with Crippen LogP contribution in [0.5, 0.6) is 0 Å². The van der Waals surface area contributed by atoms with Gasteiger partial charge in [-0.15, -0.1) is 0 Å². The third kappa shape index (κ3) is 3.46. The van der Waals surface area contributed by atoms with Gasteiger partial charge in [-0.05, 0) is 13.3 Å². The van der Waals surface area contributed by atoms with Gasteiger partial charge in [-0.2, -0.15) is 0 Å². The average Bonchev–Trinajstić information content (AvgIpc) is 1.65. The molecule has 0 fully saturated rings. The summed E-state index contributed by atoms with van der Waals surface area (Å²) in [6.07, 6.45) is 0.824. The standard InChI is InChI=1S/C5H10N2O/c1-3-4(2)7-5(6)8/h4,6H,3H2,1-2H3. The minimum Gasteiger partial charge on any atom is -0.246 e. The molecule has 0 aliphatic carbocycles. The molecule has 8 heavy (non-hydrogen) atoms. The fourth-order valence-electron chi connectivity index (χ4n) is 0.291. The van der Waals surface area contributed by atoms with Crippen LogP contribution >= 0.6 is 0 Å². The molecule has 0 rings (SSSR count). The summed E-state index contributed by atoms with van der Waals surface area (Å²) in [5, 5.41) is 3.42. The lowest BCUT2D eigenvalue weighted by molar-refractivity contribution is 0.243. The first-order valence-corrected chi connectivity index (χ1v) is 2.63. The summed E-state index contributed by atoms with van der Waals surface area (Å²) in [4.78, 5) is 9.91. The van der Waals surface area contributed by atoms with Gasteiger partial charge < -0.3 is 0 Å². The van der Waals surface area contributed by atoms with Crippen molar-refractivity contribution in [1.29, 1.82) is 0 Å². The van der Waals surface area contributed by atoms with Gasteiger partial charge in [-0.25, -0.2) is 15.8 Å².